The monoisotopic (exact) mass is 374 g/mol. The Labute approximate surface area is 133 Å². The number of likely N-dealkylation sites (N-methyl/N-ethyl adjacent to an activating group) is 1. The van der Waals surface area contributed by atoms with E-state index in [0.29, 0.717) is 6.42 Å². The highest BCUT2D eigenvalue weighted by molar-refractivity contribution is 9.10. The summed E-state index contributed by atoms with van der Waals surface area (Å²) >= 11 is 3.36. The van der Waals surface area contributed by atoms with Gasteiger partial charge in [0.15, 0.2) is 9.84 Å². The number of halogens is 1. The van der Waals surface area contributed by atoms with Crippen molar-refractivity contribution in [2.75, 3.05) is 23.9 Å². The van der Waals surface area contributed by atoms with Crippen molar-refractivity contribution in [2.24, 2.45) is 0 Å². The van der Waals surface area contributed by atoms with Gasteiger partial charge in [-0.1, -0.05) is 15.9 Å². The fourth-order valence-electron chi connectivity index (χ4n) is 2.42. The molecular weight excluding hydrogens is 356 g/mol. The van der Waals surface area contributed by atoms with Crippen LogP contribution in [0.4, 0.5) is 5.69 Å². The van der Waals surface area contributed by atoms with Gasteiger partial charge in [0.2, 0.25) is 5.91 Å². The molecule has 1 aromatic carbocycles. The number of hydrogen-bond acceptors (Lipinski definition) is 4. The summed E-state index contributed by atoms with van der Waals surface area (Å²) in [6, 6.07) is 6.94. The van der Waals surface area contributed by atoms with E-state index in [1.54, 1.807) is 18.9 Å². The molecular formula is C14H19BrN2O3S. The quantitative estimate of drug-likeness (QED) is 0.873. The van der Waals surface area contributed by atoms with Crippen LogP contribution in [-0.2, 0) is 14.6 Å². The molecule has 2 atom stereocenters. The second kappa shape index (κ2) is 6.36. The average molecular weight is 375 g/mol. The minimum Gasteiger partial charge on any atom is -0.374 e. The zero-order valence-corrected chi connectivity index (χ0v) is 14.4. The lowest BCUT2D eigenvalue weighted by Gasteiger charge is -2.27. The van der Waals surface area contributed by atoms with Gasteiger partial charge in [-0.3, -0.25) is 4.79 Å². The van der Waals surface area contributed by atoms with Crippen molar-refractivity contribution < 1.29 is 13.2 Å². The van der Waals surface area contributed by atoms with Crippen LogP contribution < -0.4 is 5.32 Å². The van der Waals surface area contributed by atoms with E-state index in [9.17, 15) is 13.2 Å². The first kappa shape index (κ1) is 16.3. The van der Waals surface area contributed by atoms with Gasteiger partial charge < -0.3 is 10.2 Å². The lowest BCUT2D eigenvalue weighted by atomic mass is 10.2. The molecule has 5 nitrogen and oxygen atoms in total. The minimum atomic E-state index is -2.98. The van der Waals surface area contributed by atoms with Crippen LogP contribution in [0.25, 0.3) is 0 Å². The number of carbonyl (C=O) groups is 1. The molecule has 0 saturated carbocycles. The zero-order chi connectivity index (χ0) is 15.6. The van der Waals surface area contributed by atoms with Crippen LogP contribution in [-0.4, -0.2) is 49.9 Å². The first-order chi connectivity index (χ1) is 9.78. The van der Waals surface area contributed by atoms with Crippen LogP contribution in [0, 0.1) is 0 Å². The van der Waals surface area contributed by atoms with Crippen molar-refractivity contribution >= 4 is 37.4 Å². The molecule has 7 heteroatoms. The van der Waals surface area contributed by atoms with E-state index >= 15 is 0 Å². The molecule has 0 spiro atoms. The fourth-order valence-corrected chi connectivity index (χ4v) is 4.46. The van der Waals surface area contributed by atoms with Crippen molar-refractivity contribution in [3.8, 4) is 0 Å². The first-order valence-corrected chi connectivity index (χ1v) is 9.39. The van der Waals surface area contributed by atoms with Gasteiger partial charge in [-0.25, -0.2) is 8.42 Å². The van der Waals surface area contributed by atoms with Crippen LogP contribution >= 0.6 is 15.9 Å². The normalized spacial score (nSPS) is 21.8. The Morgan fingerprint density at radius 1 is 1.38 bits per heavy atom. The standard InChI is InChI=1S/C14H19BrN2O3S/c1-10(16-12-5-3-11(15)4-6-12)14(18)17(2)13-7-8-21(19,20)9-13/h3-6,10,13,16H,7-9H2,1-2H3. The molecule has 1 aliphatic rings. The van der Waals surface area contributed by atoms with E-state index in [-0.39, 0.29) is 23.5 Å². The number of anilines is 1. The van der Waals surface area contributed by atoms with Crippen LogP contribution in [0.5, 0.6) is 0 Å². The molecule has 0 radical (unpaired) electrons. The van der Waals surface area contributed by atoms with E-state index in [1.165, 1.54) is 0 Å². The van der Waals surface area contributed by atoms with Gasteiger partial charge >= 0.3 is 0 Å². The minimum absolute atomic E-state index is 0.0697. The van der Waals surface area contributed by atoms with Crippen LogP contribution in [0.3, 0.4) is 0 Å². The number of nitrogens with one attached hydrogen (secondary N) is 1. The van der Waals surface area contributed by atoms with Gasteiger partial charge in [-0.2, -0.15) is 0 Å². The van der Waals surface area contributed by atoms with E-state index < -0.39 is 15.9 Å². The van der Waals surface area contributed by atoms with E-state index in [0.717, 1.165) is 10.2 Å². The maximum atomic E-state index is 12.4. The molecule has 1 aliphatic heterocycles. The molecule has 2 rings (SSSR count). The van der Waals surface area contributed by atoms with Gasteiger partial charge in [-0.15, -0.1) is 0 Å². The van der Waals surface area contributed by atoms with Crippen molar-refractivity contribution in [2.45, 2.75) is 25.4 Å². The van der Waals surface area contributed by atoms with Gasteiger partial charge in [0.25, 0.3) is 0 Å². The number of amides is 1. The Bertz CT molecular complexity index is 616. The molecule has 1 heterocycles. The van der Waals surface area contributed by atoms with Gasteiger partial charge in [0.05, 0.1) is 11.5 Å². The number of benzene rings is 1. The Balaban J connectivity index is 1.97. The Kier molecular flexibility index (Phi) is 4.93. The highest BCUT2D eigenvalue weighted by Crippen LogP contribution is 2.19. The molecule has 1 N–H and O–H groups in total. The number of sulfone groups is 1. The van der Waals surface area contributed by atoms with Gasteiger partial charge in [0, 0.05) is 23.2 Å². The third-order valence-electron chi connectivity index (χ3n) is 3.70. The molecule has 1 amide bonds. The number of rotatable bonds is 4. The Morgan fingerprint density at radius 2 is 2.00 bits per heavy atom. The Morgan fingerprint density at radius 3 is 2.52 bits per heavy atom. The zero-order valence-electron chi connectivity index (χ0n) is 12.0. The lowest BCUT2D eigenvalue weighted by molar-refractivity contribution is -0.132. The highest BCUT2D eigenvalue weighted by atomic mass is 79.9. The first-order valence-electron chi connectivity index (χ1n) is 6.78. The topological polar surface area (TPSA) is 66.5 Å². The van der Waals surface area contributed by atoms with E-state index in [1.807, 2.05) is 24.3 Å². The highest BCUT2D eigenvalue weighted by Gasteiger charge is 2.33. The van der Waals surface area contributed by atoms with Crippen molar-refractivity contribution in [3.05, 3.63) is 28.7 Å². The summed E-state index contributed by atoms with van der Waals surface area (Å²) in [6.07, 6.45) is 0.523. The number of nitrogens with zero attached hydrogens (tertiary/aromatic N) is 1. The van der Waals surface area contributed by atoms with Crippen LogP contribution in [0.1, 0.15) is 13.3 Å². The second-order valence-electron chi connectivity index (χ2n) is 5.38. The molecule has 21 heavy (non-hydrogen) atoms. The summed E-state index contributed by atoms with van der Waals surface area (Å²) in [4.78, 5) is 13.9. The summed E-state index contributed by atoms with van der Waals surface area (Å²) < 4.78 is 24.0. The molecule has 116 valence electrons. The molecule has 1 aromatic rings. The maximum Gasteiger partial charge on any atom is 0.244 e. The number of hydrogen-bond donors (Lipinski definition) is 1. The van der Waals surface area contributed by atoms with Crippen LogP contribution in [0.2, 0.25) is 0 Å². The van der Waals surface area contributed by atoms with Crippen molar-refractivity contribution in [3.63, 3.8) is 0 Å². The number of carbonyl (C=O) groups excluding carboxylic acids is 1. The van der Waals surface area contributed by atoms with Crippen LogP contribution in [0.15, 0.2) is 28.7 Å². The van der Waals surface area contributed by atoms with Crippen molar-refractivity contribution in [1.29, 1.82) is 0 Å². The van der Waals surface area contributed by atoms with E-state index in [4.69, 9.17) is 0 Å². The summed E-state index contributed by atoms with van der Waals surface area (Å²) in [5.74, 6) is 0.143. The summed E-state index contributed by atoms with van der Waals surface area (Å²) in [6.45, 7) is 1.78. The van der Waals surface area contributed by atoms with Gasteiger partial charge in [-0.05, 0) is 37.6 Å². The lowest BCUT2D eigenvalue weighted by Crippen LogP contribution is -2.45. The molecule has 0 aromatic heterocycles. The maximum absolute atomic E-state index is 12.4. The molecule has 1 fully saturated rings. The fraction of sp³-hybridized carbons (Fsp3) is 0.500. The predicted molar refractivity (Wildman–Crippen MR) is 87.1 cm³/mol. The van der Waals surface area contributed by atoms with E-state index in [2.05, 4.69) is 21.2 Å². The summed E-state index contributed by atoms with van der Waals surface area (Å²) in [5.41, 5.74) is 0.853. The largest absolute Gasteiger partial charge is 0.374 e. The molecule has 1 saturated heterocycles. The second-order valence-corrected chi connectivity index (χ2v) is 8.52. The molecule has 0 bridgehead atoms. The third-order valence-corrected chi connectivity index (χ3v) is 5.98. The van der Waals surface area contributed by atoms with Gasteiger partial charge in [0.1, 0.15) is 6.04 Å². The predicted octanol–water partition coefficient (Wildman–Crippen LogP) is 1.89. The third kappa shape index (κ3) is 4.20. The smallest absolute Gasteiger partial charge is 0.244 e. The average Bonchev–Trinajstić information content (AvgIpc) is 2.80. The SMILES string of the molecule is CC(Nc1ccc(Br)cc1)C(=O)N(C)C1CCS(=O)(=O)C1. The van der Waals surface area contributed by atoms with Crippen molar-refractivity contribution in [1.82, 2.24) is 4.90 Å². The molecule has 2 unspecified atom stereocenters. The summed E-state index contributed by atoms with van der Waals surface area (Å²) in [5, 5.41) is 3.13. The Hall–Kier alpha value is -1.08. The summed E-state index contributed by atoms with van der Waals surface area (Å²) in [7, 11) is -1.31. The molecule has 0 aliphatic carbocycles.